The summed E-state index contributed by atoms with van der Waals surface area (Å²) in [5, 5.41) is 25.0. The second-order valence-corrected chi connectivity index (χ2v) is 11.6. The quantitative estimate of drug-likeness (QED) is 0.172. The Labute approximate surface area is 239 Å². The summed E-state index contributed by atoms with van der Waals surface area (Å²) >= 11 is 11.7. The molecule has 38 heavy (non-hydrogen) atoms. The number of amides is 1. The number of carboxylic acid groups (broad SMARTS) is 1. The lowest BCUT2D eigenvalue weighted by molar-refractivity contribution is -0.146. The number of carboxylic acids is 1. The number of aliphatic carboxylic acids is 1. The molecule has 0 bridgehead atoms. The lowest BCUT2D eigenvalue weighted by Crippen LogP contribution is -2.36. The van der Waals surface area contributed by atoms with Crippen molar-refractivity contribution in [3.8, 4) is 0 Å². The number of aryl methyl sites for hydroxylation is 1. The highest BCUT2D eigenvalue weighted by Gasteiger charge is 2.29. The Hall–Kier alpha value is -2.71. The van der Waals surface area contributed by atoms with Crippen LogP contribution in [0.4, 0.5) is 0 Å². The number of thiophene rings is 1. The smallest absolute Gasteiger partial charge is 0.334 e. The van der Waals surface area contributed by atoms with Gasteiger partial charge < -0.3 is 15.5 Å². The fourth-order valence-corrected chi connectivity index (χ4v) is 6.86. The first kappa shape index (κ1) is 28.3. The van der Waals surface area contributed by atoms with Gasteiger partial charge in [0.1, 0.15) is 0 Å². The number of halogens is 2. The van der Waals surface area contributed by atoms with Crippen LogP contribution in [-0.2, 0) is 4.79 Å². The van der Waals surface area contributed by atoms with Gasteiger partial charge in [-0.25, -0.2) is 4.79 Å². The molecule has 0 aliphatic carbocycles. The van der Waals surface area contributed by atoms with Crippen molar-refractivity contribution in [2.45, 2.75) is 44.6 Å². The third-order valence-corrected chi connectivity index (χ3v) is 8.90. The van der Waals surface area contributed by atoms with Crippen molar-refractivity contribution in [2.75, 3.05) is 6.54 Å². The van der Waals surface area contributed by atoms with E-state index in [1.807, 2.05) is 24.3 Å². The molecule has 0 spiro atoms. The average Bonchev–Trinajstić information content (AvgIpc) is 3.31. The number of hydrogen-bond acceptors (Lipinski definition) is 4. The molecule has 5 nitrogen and oxygen atoms in total. The highest BCUT2D eigenvalue weighted by atomic mass is 79.9. The Kier molecular flexibility index (Phi) is 9.26. The highest BCUT2D eigenvalue weighted by molar-refractivity contribution is 9.10. The van der Waals surface area contributed by atoms with E-state index in [1.165, 1.54) is 26.8 Å². The normalized spacial score (nSPS) is 13.7. The van der Waals surface area contributed by atoms with E-state index in [-0.39, 0.29) is 18.4 Å². The minimum Gasteiger partial charge on any atom is -0.479 e. The highest BCUT2D eigenvalue weighted by Crippen LogP contribution is 2.47. The Morgan fingerprint density at radius 3 is 2.34 bits per heavy atom. The van der Waals surface area contributed by atoms with E-state index < -0.39 is 18.0 Å². The molecule has 0 aliphatic rings. The first-order chi connectivity index (χ1) is 18.2. The van der Waals surface area contributed by atoms with Crippen LogP contribution in [-0.4, -0.2) is 34.7 Å². The molecule has 1 aromatic heterocycles. The van der Waals surface area contributed by atoms with Crippen molar-refractivity contribution in [1.82, 2.24) is 5.32 Å². The number of hydrogen-bond donors (Lipinski definition) is 3. The molecule has 198 valence electrons. The largest absolute Gasteiger partial charge is 0.479 e. The van der Waals surface area contributed by atoms with Gasteiger partial charge in [0.2, 0.25) is 0 Å². The zero-order chi connectivity index (χ0) is 27.4. The van der Waals surface area contributed by atoms with Gasteiger partial charge in [-0.05, 0) is 98.5 Å². The average molecular weight is 615 g/mol. The van der Waals surface area contributed by atoms with Gasteiger partial charge >= 0.3 is 5.97 Å². The number of aliphatic hydroxyl groups excluding tert-OH is 1. The van der Waals surface area contributed by atoms with Gasteiger partial charge in [0.15, 0.2) is 6.10 Å². The first-order valence-electron chi connectivity index (χ1n) is 12.4. The summed E-state index contributed by atoms with van der Waals surface area (Å²) in [6, 6.07) is 19.9. The van der Waals surface area contributed by atoms with Crippen LogP contribution in [0.25, 0.3) is 10.1 Å². The van der Waals surface area contributed by atoms with Crippen molar-refractivity contribution in [3.63, 3.8) is 0 Å². The van der Waals surface area contributed by atoms with Gasteiger partial charge in [0, 0.05) is 25.7 Å². The Morgan fingerprint density at radius 2 is 1.71 bits per heavy atom. The molecule has 4 aromatic rings. The lowest BCUT2D eigenvalue weighted by Gasteiger charge is -2.29. The summed E-state index contributed by atoms with van der Waals surface area (Å²) in [5.41, 5.74) is 5.15. The molecule has 0 radical (unpaired) electrons. The summed E-state index contributed by atoms with van der Waals surface area (Å²) in [6.07, 6.45) is 0.277. The topological polar surface area (TPSA) is 86.6 Å². The van der Waals surface area contributed by atoms with Crippen LogP contribution >= 0.6 is 38.9 Å². The number of aliphatic hydroxyl groups is 1. The van der Waals surface area contributed by atoms with Gasteiger partial charge in [0.25, 0.3) is 5.91 Å². The van der Waals surface area contributed by atoms with Gasteiger partial charge in [0.05, 0.1) is 6.54 Å². The predicted octanol–water partition coefficient (Wildman–Crippen LogP) is 7.52. The molecule has 0 fully saturated rings. The Morgan fingerprint density at radius 1 is 1.05 bits per heavy atom. The maximum atomic E-state index is 12.5. The number of carbonyl (C=O) groups excluding carboxylic acids is 1. The molecule has 0 aliphatic heterocycles. The lowest BCUT2D eigenvalue weighted by atomic mass is 9.75. The molecule has 4 rings (SSSR count). The Bertz CT molecular complexity index is 1440. The zero-order valence-corrected chi connectivity index (χ0v) is 24.2. The molecule has 3 atom stereocenters. The first-order valence-corrected chi connectivity index (χ1v) is 14.5. The zero-order valence-electron chi connectivity index (χ0n) is 21.1. The third kappa shape index (κ3) is 6.29. The van der Waals surface area contributed by atoms with Gasteiger partial charge in [-0.1, -0.05) is 55.3 Å². The summed E-state index contributed by atoms with van der Waals surface area (Å²) in [5.74, 6) is -1.59. The van der Waals surface area contributed by atoms with E-state index in [0.29, 0.717) is 10.6 Å². The van der Waals surface area contributed by atoms with Crippen molar-refractivity contribution in [3.05, 3.63) is 103 Å². The predicted molar refractivity (Wildman–Crippen MR) is 158 cm³/mol. The van der Waals surface area contributed by atoms with Gasteiger partial charge in [-0.3, -0.25) is 4.79 Å². The summed E-state index contributed by atoms with van der Waals surface area (Å²) in [4.78, 5) is 23.4. The number of fused-ring (bicyclic) bond motifs is 1. The van der Waals surface area contributed by atoms with Crippen molar-refractivity contribution in [2.24, 2.45) is 0 Å². The van der Waals surface area contributed by atoms with Gasteiger partial charge in [-0.15, -0.1) is 11.3 Å². The summed E-state index contributed by atoms with van der Waals surface area (Å²) in [7, 11) is 0. The third-order valence-electron chi connectivity index (χ3n) is 6.71. The fraction of sp³-hybridized carbons (Fsp3) is 0.267. The molecule has 8 heteroatoms. The minimum absolute atomic E-state index is 0.0695. The maximum absolute atomic E-state index is 12.5. The second-order valence-electron chi connectivity index (χ2n) is 9.42. The van der Waals surface area contributed by atoms with E-state index >= 15 is 0 Å². The van der Waals surface area contributed by atoms with E-state index in [1.54, 1.807) is 23.5 Å². The van der Waals surface area contributed by atoms with Crippen LogP contribution < -0.4 is 5.32 Å². The molecule has 3 aromatic carbocycles. The Balaban J connectivity index is 1.74. The maximum Gasteiger partial charge on any atom is 0.334 e. The molecular weight excluding hydrogens is 586 g/mol. The summed E-state index contributed by atoms with van der Waals surface area (Å²) in [6.45, 7) is 3.92. The van der Waals surface area contributed by atoms with Crippen LogP contribution in [0.2, 0.25) is 5.02 Å². The molecule has 1 heterocycles. The molecule has 0 saturated carbocycles. The van der Waals surface area contributed by atoms with E-state index in [0.717, 1.165) is 22.9 Å². The molecular formula is C30H29BrClNO4S. The van der Waals surface area contributed by atoms with E-state index in [4.69, 9.17) is 16.7 Å². The number of nitrogens with one attached hydrogen (secondary N) is 1. The minimum atomic E-state index is -1.64. The van der Waals surface area contributed by atoms with Crippen molar-refractivity contribution < 1.29 is 19.8 Å². The van der Waals surface area contributed by atoms with Crippen molar-refractivity contribution in [1.29, 1.82) is 0 Å². The van der Waals surface area contributed by atoms with Crippen LogP contribution in [0.15, 0.2) is 70.5 Å². The molecule has 1 amide bonds. The fourth-order valence-electron chi connectivity index (χ4n) is 4.89. The van der Waals surface area contributed by atoms with Crippen molar-refractivity contribution >= 4 is 60.8 Å². The van der Waals surface area contributed by atoms with E-state index in [9.17, 15) is 14.7 Å². The van der Waals surface area contributed by atoms with E-state index in [2.05, 4.69) is 64.7 Å². The SMILES string of the molecule is CCCC(c1ccc(C(=O)NC[C@H](O)C(=O)O)cc1)C(c1ccc(Cl)cc1)c1csc2c(Br)cc(C)cc12. The standard InChI is InChI=1S/C30H29BrClNO4S/c1-3-4-22(18-5-7-20(8-6-18)29(35)33-15-26(34)30(36)37)27(19-9-11-21(32)12-10-19)24-16-38-28-23(24)13-17(2)14-25(28)31/h5-14,16,22,26-27,34H,3-4,15H2,1-2H3,(H,33,35)(H,36,37)/t22?,26-,27?/m0/s1. The van der Waals surface area contributed by atoms with Crippen LogP contribution in [0.5, 0.6) is 0 Å². The van der Waals surface area contributed by atoms with Gasteiger partial charge in [-0.2, -0.15) is 0 Å². The second kappa shape index (κ2) is 12.4. The number of rotatable bonds is 10. The number of benzene rings is 3. The van der Waals surface area contributed by atoms with Crippen LogP contribution in [0.1, 0.15) is 64.2 Å². The van der Waals surface area contributed by atoms with Crippen LogP contribution in [0, 0.1) is 6.92 Å². The molecule has 0 saturated heterocycles. The molecule has 2 unspecified atom stereocenters. The van der Waals surface area contributed by atoms with Crippen LogP contribution in [0.3, 0.4) is 0 Å². The number of carbonyl (C=O) groups is 2. The summed E-state index contributed by atoms with van der Waals surface area (Å²) < 4.78 is 2.31. The molecule has 3 N–H and O–H groups in total. The monoisotopic (exact) mass is 613 g/mol.